The molecule has 4 heteroatoms. The van der Waals surface area contributed by atoms with Crippen LogP contribution in [0.4, 0.5) is 5.69 Å². The van der Waals surface area contributed by atoms with Gasteiger partial charge in [0.2, 0.25) is 5.91 Å². The standard InChI is InChI=1S/C22H20N2OS/c25-22(24-14-15-26-21-12-13-23-16-20(21)24)11-8-17-6-9-19(10-7-17)18-4-2-1-3-5-18/h1-7,9-10,12-13,16H,8,11,14-15H2. The lowest BCUT2D eigenvalue weighted by Gasteiger charge is -2.28. The fraction of sp³-hybridized carbons (Fsp3) is 0.182. The number of aryl methyl sites for hydroxylation is 1. The highest BCUT2D eigenvalue weighted by molar-refractivity contribution is 7.99. The molecule has 1 aliphatic heterocycles. The first kappa shape index (κ1) is 16.9. The lowest BCUT2D eigenvalue weighted by Crippen LogP contribution is -2.35. The van der Waals surface area contributed by atoms with Gasteiger partial charge < -0.3 is 4.90 Å². The van der Waals surface area contributed by atoms with Crippen molar-refractivity contribution in [3.63, 3.8) is 0 Å². The minimum atomic E-state index is 0.173. The van der Waals surface area contributed by atoms with Gasteiger partial charge in [-0.15, -0.1) is 11.8 Å². The van der Waals surface area contributed by atoms with Crippen molar-refractivity contribution >= 4 is 23.4 Å². The van der Waals surface area contributed by atoms with E-state index in [1.54, 1.807) is 24.2 Å². The Hall–Kier alpha value is -2.59. The number of nitrogens with zero attached hydrogens (tertiary/aromatic N) is 2. The predicted octanol–water partition coefficient (Wildman–Crippen LogP) is 4.82. The van der Waals surface area contributed by atoms with Crippen LogP contribution in [0.2, 0.25) is 0 Å². The smallest absolute Gasteiger partial charge is 0.227 e. The first-order valence-corrected chi connectivity index (χ1v) is 9.81. The van der Waals surface area contributed by atoms with E-state index in [2.05, 4.69) is 41.4 Å². The summed E-state index contributed by atoms with van der Waals surface area (Å²) in [5.74, 6) is 1.11. The van der Waals surface area contributed by atoms with E-state index in [1.807, 2.05) is 29.2 Å². The van der Waals surface area contributed by atoms with Crippen molar-refractivity contribution in [3.05, 3.63) is 78.6 Å². The van der Waals surface area contributed by atoms with E-state index in [9.17, 15) is 4.79 Å². The molecule has 4 rings (SSSR count). The zero-order chi connectivity index (χ0) is 17.8. The molecule has 0 bridgehead atoms. The zero-order valence-corrected chi connectivity index (χ0v) is 15.3. The van der Waals surface area contributed by atoms with Crippen molar-refractivity contribution in [1.29, 1.82) is 0 Å². The number of amides is 1. The van der Waals surface area contributed by atoms with Crippen LogP contribution in [0.15, 0.2) is 78.0 Å². The topological polar surface area (TPSA) is 33.2 Å². The Morgan fingerprint density at radius 3 is 2.58 bits per heavy atom. The van der Waals surface area contributed by atoms with E-state index >= 15 is 0 Å². The molecule has 1 aromatic heterocycles. The first-order valence-electron chi connectivity index (χ1n) is 8.83. The number of hydrogen-bond acceptors (Lipinski definition) is 3. The maximum Gasteiger partial charge on any atom is 0.227 e. The van der Waals surface area contributed by atoms with Gasteiger partial charge in [0.15, 0.2) is 0 Å². The Balaban J connectivity index is 1.41. The van der Waals surface area contributed by atoms with E-state index < -0.39 is 0 Å². The van der Waals surface area contributed by atoms with Crippen molar-refractivity contribution in [1.82, 2.24) is 4.98 Å². The number of fused-ring (bicyclic) bond motifs is 1. The molecule has 2 heterocycles. The molecule has 3 aromatic rings. The lowest BCUT2D eigenvalue weighted by atomic mass is 10.0. The summed E-state index contributed by atoms with van der Waals surface area (Å²) >= 11 is 1.79. The fourth-order valence-corrected chi connectivity index (χ4v) is 4.17. The summed E-state index contributed by atoms with van der Waals surface area (Å²) in [4.78, 5) is 19.9. The second-order valence-electron chi connectivity index (χ2n) is 6.30. The third-order valence-electron chi connectivity index (χ3n) is 4.61. The van der Waals surface area contributed by atoms with Gasteiger partial charge in [0.05, 0.1) is 11.9 Å². The number of benzene rings is 2. The molecule has 2 aromatic carbocycles. The molecule has 0 atom stereocenters. The quantitative estimate of drug-likeness (QED) is 0.669. The molecule has 0 saturated heterocycles. The first-order chi connectivity index (χ1) is 12.8. The van der Waals surface area contributed by atoms with Gasteiger partial charge in [0.25, 0.3) is 0 Å². The van der Waals surface area contributed by atoms with E-state index in [0.29, 0.717) is 6.42 Å². The van der Waals surface area contributed by atoms with E-state index in [4.69, 9.17) is 0 Å². The minimum absolute atomic E-state index is 0.173. The van der Waals surface area contributed by atoms with Gasteiger partial charge in [-0.05, 0) is 29.2 Å². The summed E-state index contributed by atoms with van der Waals surface area (Å²) in [6, 6.07) is 20.8. The van der Waals surface area contributed by atoms with Gasteiger partial charge in [0, 0.05) is 29.8 Å². The van der Waals surface area contributed by atoms with Crippen LogP contribution in [0.5, 0.6) is 0 Å². The largest absolute Gasteiger partial charge is 0.309 e. The number of carbonyl (C=O) groups is 1. The normalized spacial score (nSPS) is 13.3. The summed E-state index contributed by atoms with van der Waals surface area (Å²) < 4.78 is 0. The van der Waals surface area contributed by atoms with Gasteiger partial charge in [-0.25, -0.2) is 0 Å². The van der Waals surface area contributed by atoms with Gasteiger partial charge in [0.1, 0.15) is 0 Å². The summed E-state index contributed by atoms with van der Waals surface area (Å²) in [5, 5.41) is 0. The molecule has 0 saturated carbocycles. The van der Waals surface area contributed by atoms with E-state index in [0.717, 1.165) is 29.3 Å². The van der Waals surface area contributed by atoms with Gasteiger partial charge >= 0.3 is 0 Å². The molecular weight excluding hydrogens is 340 g/mol. The number of thioether (sulfide) groups is 1. The summed E-state index contributed by atoms with van der Waals surface area (Å²) in [6.07, 6.45) is 4.86. The molecule has 3 nitrogen and oxygen atoms in total. The van der Waals surface area contributed by atoms with Gasteiger partial charge in [-0.3, -0.25) is 9.78 Å². The molecule has 0 radical (unpaired) electrons. The number of pyridine rings is 1. The predicted molar refractivity (Wildman–Crippen MR) is 108 cm³/mol. The fourth-order valence-electron chi connectivity index (χ4n) is 3.21. The van der Waals surface area contributed by atoms with Gasteiger partial charge in [-0.2, -0.15) is 0 Å². The van der Waals surface area contributed by atoms with Crippen molar-refractivity contribution in [2.75, 3.05) is 17.2 Å². The van der Waals surface area contributed by atoms with Crippen molar-refractivity contribution in [3.8, 4) is 11.1 Å². The van der Waals surface area contributed by atoms with Crippen LogP contribution >= 0.6 is 11.8 Å². The maximum atomic E-state index is 12.7. The average molecular weight is 360 g/mol. The third kappa shape index (κ3) is 3.65. The Kier molecular flexibility index (Phi) is 5.02. The highest BCUT2D eigenvalue weighted by Crippen LogP contribution is 2.34. The Bertz CT molecular complexity index is 894. The number of hydrogen-bond donors (Lipinski definition) is 0. The van der Waals surface area contributed by atoms with Crippen LogP contribution in [-0.2, 0) is 11.2 Å². The minimum Gasteiger partial charge on any atom is -0.309 e. The highest BCUT2D eigenvalue weighted by atomic mass is 32.2. The monoisotopic (exact) mass is 360 g/mol. The molecule has 26 heavy (non-hydrogen) atoms. The molecule has 1 amide bonds. The van der Waals surface area contributed by atoms with E-state index in [-0.39, 0.29) is 5.91 Å². The second kappa shape index (κ2) is 7.75. The molecule has 0 fully saturated rings. The molecule has 0 spiro atoms. The molecule has 0 N–H and O–H groups in total. The van der Waals surface area contributed by atoms with Crippen LogP contribution in [0.25, 0.3) is 11.1 Å². The van der Waals surface area contributed by atoms with Crippen LogP contribution in [-0.4, -0.2) is 23.2 Å². The molecule has 0 aliphatic carbocycles. The molecular formula is C22H20N2OS. The van der Waals surface area contributed by atoms with Crippen molar-refractivity contribution < 1.29 is 4.79 Å². The highest BCUT2D eigenvalue weighted by Gasteiger charge is 2.22. The Morgan fingerprint density at radius 2 is 1.77 bits per heavy atom. The van der Waals surface area contributed by atoms with Crippen molar-refractivity contribution in [2.24, 2.45) is 0 Å². The lowest BCUT2D eigenvalue weighted by molar-refractivity contribution is -0.118. The number of anilines is 1. The van der Waals surface area contributed by atoms with Crippen LogP contribution < -0.4 is 4.90 Å². The number of aromatic nitrogens is 1. The molecule has 130 valence electrons. The van der Waals surface area contributed by atoms with Crippen LogP contribution in [0.1, 0.15) is 12.0 Å². The average Bonchev–Trinajstić information content (AvgIpc) is 2.72. The maximum absolute atomic E-state index is 12.7. The van der Waals surface area contributed by atoms with Crippen molar-refractivity contribution in [2.45, 2.75) is 17.7 Å². The summed E-state index contributed by atoms with van der Waals surface area (Å²) in [6.45, 7) is 0.759. The molecule has 0 unspecified atom stereocenters. The molecule has 1 aliphatic rings. The third-order valence-corrected chi connectivity index (χ3v) is 5.66. The summed E-state index contributed by atoms with van der Waals surface area (Å²) in [5.41, 5.74) is 4.56. The van der Waals surface area contributed by atoms with Crippen LogP contribution in [0.3, 0.4) is 0 Å². The van der Waals surface area contributed by atoms with Crippen LogP contribution in [0, 0.1) is 0 Å². The zero-order valence-electron chi connectivity index (χ0n) is 14.5. The number of carbonyl (C=O) groups excluding carboxylic acids is 1. The van der Waals surface area contributed by atoms with E-state index in [1.165, 1.54) is 16.7 Å². The SMILES string of the molecule is O=C(CCc1ccc(-c2ccccc2)cc1)N1CCSc2ccncc21. The second-order valence-corrected chi connectivity index (χ2v) is 7.44. The Labute approximate surface area is 158 Å². The van der Waals surface area contributed by atoms with Gasteiger partial charge in [-0.1, -0.05) is 54.6 Å². The number of rotatable bonds is 4. The Morgan fingerprint density at radius 1 is 1.00 bits per heavy atom. The summed E-state index contributed by atoms with van der Waals surface area (Å²) in [7, 11) is 0.